The zero-order chi connectivity index (χ0) is 19.9. The van der Waals surface area contributed by atoms with Crippen LogP contribution in [-0.2, 0) is 4.79 Å². The lowest BCUT2D eigenvalue weighted by molar-refractivity contribution is -0.141. The molecule has 1 aromatic heterocycles. The number of carbonyl (C=O) groups excluding carboxylic acids is 2. The second-order valence-electron chi connectivity index (χ2n) is 7.71. The number of pyridine rings is 1. The number of aromatic nitrogens is 1. The molecule has 0 unspecified atom stereocenters. The van der Waals surface area contributed by atoms with Gasteiger partial charge < -0.3 is 15.4 Å². The van der Waals surface area contributed by atoms with Gasteiger partial charge in [0, 0.05) is 29.5 Å². The summed E-state index contributed by atoms with van der Waals surface area (Å²) in [5.41, 5.74) is 0.916. The smallest absolute Gasteiger partial charge is 0.258 e. The molecule has 2 aromatic rings. The van der Waals surface area contributed by atoms with Crippen molar-refractivity contribution in [1.82, 2.24) is 15.6 Å². The maximum Gasteiger partial charge on any atom is 0.258 e. The van der Waals surface area contributed by atoms with Crippen LogP contribution in [0.15, 0.2) is 36.7 Å². The molecule has 3 aliphatic carbocycles. The number of amides is 2. The first-order valence-electron chi connectivity index (χ1n) is 8.91. The number of hydrogen-bond donors (Lipinski definition) is 2. The van der Waals surface area contributed by atoms with Crippen LogP contribution in [-0.4, -0.2) is 34.5 Å². The number of carbonyl (C=O) groups is 2. The molecule has 3 aliphatic rings. The van der Waals surface area contributed by atoms with Gasteiger partial charge in [0.1, 0.15) is 11.6 Å². The Kier molecular flexibility index (Phi) is 4.50. The van der Waals surface area contributed by atoms with Crippen molar-refractivity contribution in [3.63, 3.8) is 0 Å². The second kappa shape index (κ2) is 6.74. The van der Waals surface area contributed by atoms with Crippen molar-refractivity contribution in [2.45, 2.75) is 37.3 Å². The number of nitrogens with one attached hydrogen (secondary N) is 2. The van der Waals surface area contributed by atoms with Crippen LogP contribution >= 0.6 is 11.6 Å². The van der Waals surface area contributed by atoms with Crippen molar-refractivity contribution >= 4 is 23.4 Å². The molecule has 6 nitrogen and oxygen atoms in total. The highest BCUT2D eigenvalue weighted by molar-refractivity contribution is 6.30. The molecule has 3 saturated carbocycles. The van der Waals surface area contributed by atoms with E-state index in [2.05, 4.69) is 15.6 Å². The Morgan fingerprint density at radius 1 is 1.18 bits per heavy atom. The van der Waals surface area contributed by atoms with Gasteiger partial charge in [-0.15, -0.1) is 0 Å². The summed E-state index contributed by atoms with van der Waals surface area (Å²) in [6.07, 6.45) is 5.30. The Labute approximate surface area is 166 Å². The highest BCUT2D eigenvalue weighted by atomic mass is 35.5. The predicted octanol–water partition coefficient (Wildman–Crippen LogP) is 2.78. The second-order valence-corrected chi connectivity index (χ2v) is 8.12. The van der Waals surface area contributed by atoms with Gasteiger partial charge in [0.25, 0.3) is 11.8 Å². The lowest BCUT2D eigenvalue weighted by Gasteiger charge is -2.70. The summed E-state index contributed by atoms with van der Waals surface area (Å²) in [6, 6.07) is 5.81. The van der Waals surface area contributed by atoms with Gasteiger partial charge in [0.15, 0.2) is 6.61 Å². The summed E-state index contributed by atoms with van der Waals surface area (Å²) in [7, 11) is 0. The molecule has 0 radical (unpaired) electrons. The van der Waals surface area contributed by atoms with Crippen LogP contribution < -0.4 is 15.4 Å². The van der Waals surface area contributed by atoms with Gasteiger partial charge in [0.2, 0.25) is 0 Å². The average Bonchev–Trinajstić information content (AvgIpc) is 2.59. The minimum atomic E-state index is -0.597. The Morgan fingerprint density at radius 2 is 1.89 bits per heavy atom. The molecule has 1 heterocycles. The van der Waals surface area contributed by atoms with Gasteiger partial charge in [0.05, 0.1) is 10.6 Å². The third-order valence-electron chi connectivity index (χ3n) is 5.21. The third kappa shape index (κ3) is 3.54. The summed E-state index contributed by atoms with van der Waals surface area (Å²) in [6.45, 7) is 1.67. The first kappa shape index (κ1) is 18.7. The molecule has 0 spiro atoms. The maximum atomic E-state index is 13.4. The highest BCUT2D eigenvalue weighted by Gasteiger charge is 2.69. The molecule has 146 valence electrons. The molecule has 0 saturated heterocycles. The number of benzene rings is 1. The van der Waals surface area contributed by atoms with E-state index in [1.165, 1.54) is 12.1 Å². The summed E-state index contributed by atoms with van der Waals surface area (Å²) in [4.78, 5) is 28.5. The van der Waals surface area contributed by atoms with Crippen LogP contribution in [0.2, 0.25) is 5.02 Å². The number of halogens is 2. The minimum absolute atomic E-state index is 0.000502. The normalized spacial score (nSPS) is 24.5. The Morgan fingerprint density at radius 3 is 2.57 bits per heavy atom. The van der Waals surface area contributed by atoms with Gasteiger partial charge in [-0.05, 0) is 49.9 Å². The molecule has 2 amide bonds. The molecule has 28 heavy (non-hydrogen) atoms. The van der Waals surface area contributed by atoms with E-state index >= 15 is 0 Å². The summed E-state index contributed by atoms with van der Waals surface area (Å²) >= 11 is 5.61. The summed E-state index contributed by atoms with van der Waals surface area (Å²) in [5.74, 6) is -0.785. The topological polar surface area (TPSA) is 80.3 Å². The number of hydrogen-bond acceptors (Lipinski definition) is 4. The van der Waals surface area contributed by atoms with E-state index in [9.17, 15) is 14.0 Å². The molecule has 0 aliphatic heterocycles. The van der Waals surface area contributed by atoms with Crippen molar-refractivity contribution in [1.29, 1.82) is 0 Å². The largest absolute Gasteiger partial charge is 0.484 e. The van der Waals surface area contributed by atoms with Gasteiger partial charge >= 0.3 is 0 Å². The molecule has 3 fully saturated rings. The zero-order valence-electron chi connectivity index (χ0n) is 15.2. The fourth-order valence-electron chi connectivity index (χ4n) is 4.09. The fraction of sp³-hybridized carbons (Fsp3) is 0.350. The Bertz CT molecular complexity index is 946. The van der Waals surface area contributed by atoms with E-state index in [1.54, 1.807) is 18.5 Å². The first-order chi connectivity index (χ1) is 13.3. The van der Waals surface area contributed by atoms with E-state index in [1.807, 2.05) is 6.92 Å². The standard InChI is InChI=1S/C20H19ClFN3O3/c1-12-4-13(7-23-6-12)18(27)25-20-9-19(10-20,11-20)24-17(26)8-28-14-2-3-15(21)16(22)5-14/h2-7H,8-11H2,1H3,(H,24,26)(H,25,27). The maximum absolute atomic E-state index is 13.4. The Balaban J connectivity index is 1.24. The zero-order valence-corrected chi connectivity index (χ0v) is 16.0. The number of rotatable bonds is 6. The van der Waals surface area contributed by atoms with Crippen LogP contribution in [0.25, 0.3) is 0 Å². The molecule has 2 N–H and O–H groups in total. The van der Waals surface area contributed by atoms with E-state index in [0.29, 0.717) is 24.8 Å². The highest BCUT2D eigenvalue weighted by Crippen LogP contribution is 2.60. The Hall–Kier alpha value is -2.67. The number of ether oxygens (including phenoxy) is 1. The van der Waals surface area contributed by atoms with Crippen molar-refractivity contribution in [3.8, 4) is 5.75 Å². The molecular weight excluding hydrogens is 385 g/mol. The van der Waals surface area contributed by atoms with Crippen molar-refractivity contribution in [3.05, 3.63) is 58.6 Å². The van der Waals surface area contributed by atoms with Gasteiger partial charge in [-0.1, -0.05) is 11.6 Å². The number of nitrogens with zero attached hydrogens (tertiary/aromatic N) is 1. The van der Waals surface area contributed by atoms with E-state index < -0.39 is 5.82 Å². The van der Waals surface area contributed by atoms with Crippen LogP contribution in [0.3, 0.4) is 0 Å². The van der Waals surface area contributed by atoms with Crippen LogP contribution in [0.4, 0.5) is 4.39 Å². The van der Waals surface area contributed by atoms with Gasteiger partial charge in [-0.25, -0.2) is 4.39 Å². The van der Waals surface area contributed by atoms with Crippen LogP contribution in [0, 0.1) is 12.7 Å². The predicted molar refractivity (Wildman–Crippen MR) is 101 cm³/mol. The van der Waals surface area contributed by atoms with Crippen molar-refractivity contribution in [2.24, 2.45) is 0 Å². The van der Waals surface area contributed by atoms with Crippen molar-refractivity contribution < 1.29 is 18.7 Å². The van der Waals surface area contributed by atoms with Crippen molar-refractivity contribution in [2.75, 3.05) is 6.61 Å². The minimum Gasteiger partial charge on any atom is -0.484 e. The lowest BCUT2D eigenvalue weighted by Crippen LogP contribution is -2.84. The SMILES string of the molecule is Cc1cncc(C(=O)NC23CC(NC(=O)COc4ccc(Cl)c(F)c4)(C2)C3)c1. The van der Waals surface area contributed by atoms with Crippen LogP contribution in [0.1, 0.15) is 35.2 Å². The average molecular weight is 404 g/mol. The third-order valence-corrected chi connectivity index (χ3v) is 5.52. The van der Waals surface area contributed by atoms with E-state index in [0.717, 1.165) is 11.6 Å². The fourth-order valence-corrected chi connectivity index (χ4v) is 4.21. The molecule has 5 rings (SSSR count). The molecule has 0 atom stereocenters. The van der Waals surface area contributed by atoms with Gasteiger partial charge in [-0.2, -0.15) is 0 Å². The first-order valence-corrected chi connectivity index (χ1v) is 9.29. The summed E-state index contributed by atoms with van der Waals surface area (Å²) in [5, 5.41) is 6.01. The van der Waals surface area contributed by atoms with Gasteiger partial charge in [-0.3, -0.25) is 14.6 Å². The molecule has 1 aromatic carbocycles. The van der Waals surface area contributed by atoms with E-state index in [-0.39, 0.29) is 40.3 Å². The lowest BCUT2D eigenvalue weighted by atomic mass is 9.44. The quantitative estimate of drug-likeness (QED) is 0.777. The molecule has 2 bridgehead atoms. The monoisotopic (exact) mass is 403 g/mol. The number of aryl methyl sites for hydroxylation is 1. The summed E-state index contributed by atoms with van der Waals surface area (Å²) < 4.78 is 18.7. The molecular formula is C20H19ClFN3O3. The van der Waals surface area contributed by atoms with E-state index in [4.69, 9.17) is 16.3 Å². The van der Waals surface area contributed by atoms with Crippen LogP contribution in [0.5, 0.6) is 5.75 Å². The molecule has 8 heteroatoms.